The maximum absolute atomic E-state index is 12.2. The Balaban J connectivity index is 2.37. The van der Waals surface area contributed by atoms with Crippen LogP contribution in [0, 0.1) is 0 Å². The summed E-state index contributed by atoms with van der Waals surface area (Å²) in [6.07, 6.45) is 0. The fourth-order valence-electron chi connectivity index (χ4n) is 1.64. The number of aromatic carboxylic acids is 1. The van der Waals surface area contributed by atoms with Crippen molar-refractivity contribution < 1.29 is 18.3 Å². The lowest BCUT2D eigenvalue weighted by Gasteiger charge is -2.10. The molecule has 0 atom stereocenters. The summed E-state index contributed by atoms with van der Waals surface area (Å²) in [6.45, 7) is 0. The predicted octanol–water partition coefficient (Wildman–Crippen LogP) is 1.77. The predicted molar refractivity (Wildman–Crippen MR) is 75.1 cm³/mol. The zero-order valence-electron chi connectivity index (χ0n) is 10.3. The van der Waals surface area contributed by atoms with Gasteiger partial charge >= 0.3 is 5.97 Å². The first-order valence-electron chi connectivity index (χ1n) is 5.61. The molecule has 104 valence electrons. The monoisotopic (exact) mass is 292 g/mol. The Morgan fingerprint density at radius 3 is 2.30 bits per heavy atom. The average Bonchev–Trinajstić information content (AvgIpc) is 2.38. The molecule has 0 radical (unpaired) electrons. The van der Waals surface area contributed by atoms with Crippen molar-refractivity contribution >= 4 is 27.4 Å². The molecule has 2 aromatic carbocycles. The normalized spacial score (nSPS) is 11.0. The number of nitrogens with two attached hydrogens (primary N) is 1. The van der Waals surface area contributed by atoms with Crippen LogP contribution in [0.1, 0.15) is 10.4 Å². The van der Waals surface area contributed by atoms with Gasteiger partial charge in [0.1, 0.15) is 4.90 Å². The molecule has 0 amide bonds. The number of para-hydroxylation sites is 1. The van der Waals surface area contributed by atoms with Crippen LogP contribution in [-0.2, 0) is 10.0 Å². The van der Waals surface area contributed by atoms with Crippen LogP contribution < -0.4 is 10.5 Å². The van der Waals surface area contributed by atoms with Crippen LogP contribution in [0.5, 0.6) is 0 Å². The van der Waals surface area contributed by atoms with E-state index >= 15 is 0 Å². The van der Waals surface area contributed by atoms with Gasteiger partial charge in [0.05, 0.1) is 11.3 Å². The van der Waals surface area contributed by atoms with Crippen LogP contribution in [0.3, 0.4) is 0 Å². The number of sulfonamides is 1. The van der Waals surface area contributed by atoms with Crippen molar-refractivity contribution in [2.24, 2.45) is 0 Å². The number of rotatable bonds is 4. The second-order valence-electron chi connectivity index (χ2n) is 4.03. The van der Waals surface area contributed by atoms with E-state index in [1.165, 1.54) is 12.1 Å². The molecule has 20 heavy (non-hydrogen) atoms. The van der Waals surface area contributed by atoms with Gasteiger partial charge in [-0.3, -0.25) is 4.72 Å². The fraction of sp³-hybridized carbons (Fsp3) is 0. The van der Waals surface area contributed by atoms with E-state index in [1.807, 2.05) is 0 Å². The minimum absolute atomic E-state index is 0.0684. The van der Waals surface area contributed by atoms with E-state index in [1.54, 1.807) is 30.3 Å². The zero-order chi connectivity index (χ0) is 14.8. The van der Waals surface area contributed by atoms with Gasteiger partial charge in [0.2, 0.25) is 0 Å². The molecule has 0 aliphatic heterocycles. The Hall–Kier alpha value is -2.54. The lowest BCUT2D eigenvalue weighted by Crippen LogP contribution is -2.15. The van der Waals surface area contributed by atoms with Crippen molar-refractivity contribution in [2.75, 3.05) is 10.5 Å². The van der Waals surface area contributed by atoms with Crippen LogP contribution in [0.25, 0.3) is 0 Å². The largest absolute Gasteiger partial charge is 0.478 e. The van der Waals surface area contributed by atoms with E-state index in [0.717, 1.165) is 6.07 Å². The van der Waals surface area contributed by atoms with Crippen LogP contribution >= 0.6 is 0 Å². The maximum Gasteiger partial charge on any atom is 0.335 e. The van der Waals surface area contributed by atoms with Gasteiger partial charge in [0.25, 0.3) is 10.0 Å². The number of carbonyl (C=O) groups is 1. The smallest absolute Gasteiger partial charge is 0.335 e. The quantitative estimate of drug-likeness (QED) is 0.744. The fourth-order valence-corrected chi connectivity index (χ4v) is 2.82. The van der Waals surface area contributed by atoms with Crippen molar-refractivity contribution in [1.29, 1.82) is 0 Å². The molecule has 4 N–H and O–H groups in total. The summed E-state index contributed by atoms with van der Waals surface area (Å²) in [5, 5.41) is 8.82. The third-order valence-electron chi connectivity index (χ3n) is 2.57. The van der Waals surface area contributed by atoms with E-state index in [0.29, 0.717) is 5.69 Å². The Kier molecular flexibility index (Phi) is 3.62. The molecule has 0 bridgehead atoms. The molecule has 0 saturated carbocycles. The van der Waals surface area contributed by atoms with Gasteiger partial charge in [-0.2, -0.15) is 0 Å². The minimum Gasteiger partial charge on any atom is -0.478 e. The lowest BCUT2D eigenvalue weighted by atomic mass is 10.2. The molecule has 0 aliphatic carbocycles. The van der Waals surface area contributed by atoms with Gasteiger partial charge in [-0.1, -0.05) is 18.2 Å². The molecule has 2 aromatic rings. The molecular formula is C13H12N2O4S. The topological polar surface area (TPSA) is 109 Å². The van der Waals surface area contributed by atoms with Crippen molar-refractivity contribution in [3.63, 3.8) is 0 Å². The first-order chi connectivity index (χ1) is 9.40. The Morgan fingerprint density at radius 2 is 1.75 bits per heavy atom. The van der Waals surface area contributed by atoms with E-state index in [-0.39, 0.29) is 16.1 Å². The summed E-state index contributed by atoms with van der Waals surface area (Å²) in [5.74, 6) is -1.17. The molecule has 0 heterocycles. The number of benzene rings is 2. The maximum atomic E-state index is 12.2. The highest BCUT2D eigenvalue weighted by molar-refractivity contribution is 7.92. The summed E-state index contributed by atoms with van der Waals surface area (Å²) in [6, 6.07) is 11.8. The average molecular weight is 292 g/mol. The molecule has 6 nitrogen and oxygen atoms in total. The first-order valence-corrected chi connectivity index (χ1v) is 7.09. The number of carboxylic acid groups (broad SMARTS) is 1. The highest BCUT2D eigenvalue weighted by Gasteiger charge is 2.18. The van der Waals surface area contributed by atoms with Crippen molar-refractivity contribution in [2.45, 2.75) is 4.90 Å². The Labute approximate surface area is 115 Å². The first kappa shape index (κ1) is 13.9. The van der Waals surface area contributed by atoms with Crippen molar-refractivity contribution in [1.82, 2.24) is 0 Å². The van der Waals surface area contributed by atoms with E-state index < -0.39 is 16.0 Å². The van der Waals surface area contributed by atoms with Gasteiger partial charge in [-0.15, -0.1) is 0 Å². The van der Waals surface area contributed by atoms with Gasteiger partial charge in [0.15, 0.2) is 0 Å². The summed E-state index contributed by atoms with van der Waals surface area (Å²) in [7, 11) is -3.85. The lowest BCUT2D eigenvalue weighted by molar-refractivity contribution is 0.0697. The highest BCUT2D eigenvalue weighted by atomic mass is 32.2. The molecule has 0 aliphatic rings. The van der Waals surface area contributed by atoms with Crippen LogP contribution in [-0.4, -0.2) is 19.5 Å². The second kappa shape index (κ2) is 5.22. The summed E-state index contributed by atoms with van der Waals surface area (Å²) in [5.41, 5.74) is 5.83. The number of nitrogen functional groups attached to an aromatic ring is 1. The molecular weight excluding hydrogens is 280 g/mol. The SMILES string of the molecule is Nc1cc(C(=O)O)ccc1S(=O)(=O)Nc1ccccc1. The number of hydrogen-bond acceptors (Lipinski definition) is 4. The van der Waals surface area contributed by atoms with Gasteiger partial charge in [-0.25, -0.2) is 13.2 Å². The Bertz CT molecular complexity index is 742. The van der Waals surface area contributed by atoms with Gasteiger partial charge < -0.3 is 10.8 Å². The van der Waals surface area contributed by atoms with Crippen LogP contribution in [0.2, 0.25) is 0 Å². The van der Waals surface area contributed by atoms with E-state index in [2.05, 4.69) is 4.72 Å². The van der Waals surface area contributed by atoms with Crippen LogP contribution in [0.15, 0.2) is 53.4 Å². The molecule has 0 spiro atoms. The second-order valence-corrected chi connectivity index (χ2v) is 5.68. The van der Waals surface area contributed by atoms with Gasteiger partial charge in [-0.05, 0) is 30.3 Å². The molecule has 0 aromatic heterocycles. The summed E-state index contributed by atoms with van der Waals surface area (Å²) >= 11 is 0. The zero-order valence-corrected chi connectivity index (χ0v) is 11.1. The van der Waals surface area contributed by atoms with Crippen molar-refractivity contribution in [3.05, 3.63) is 54.1 Å². The van der Waals surface area contributed by atoms with Gasteiger partial charge in [0, 0.05) is 5.69 Å². The molecule has 0 unspecified atom stereocenters. The third-order valence-corrected chi connectivity index (χ3v) is 4.03. The minimum atomic E-state index is -3.85. The third kappa shape index (κ3) is 2.89. The standard InChI is InChI=1S/C13H12N2O4S/c14-11-8-9(13(16)17)6-7-12(11)20(18,19)15-10-4-2-1-3-5-10/h1-8,15H,14H2,(H,16,17). The van der Waals surface area contributed by atoms with E-state index in [4.69, 9.17) is 10.8 Å². The Morgan fingerprint density at radius 1 is 1.10 bits per heavy atom. The number of carboxylic acids is 1. The van der Waals surface area contributed by atoms with Crippen LogP contribution in [0.4, 0.5) is 11.4 Å². The number of anilines is 2. The molecule has 0 fully saturated rings. The highest BCUT2D eigenvalue weighted by Crippen LogP contribution is 2.22. The number of hydrogen-bond donors (Lipinski definition) is 3. The van der Waals surface area contributed by atoms with Crippen molar-refractivity contribution in [3.8, 4) is 0 Å². The molecule has 7 heteroatoms. The van der Waals surface area contributed by atoms with E-state index in [9.17, 15) is 13.2 Å². The number of nitrogens with one attached hydrogen (secondary N) is 1. The summed E-state index contributed by atoms with van der Waals surface area (Å²) < 4.78 is 26.7. The molecule has 2 rings (SSSR count). The summed E-state index contributed by atoms with van der Waals surface area (Å²) in [4.78, 5) is 10.6. The molecule has 0 saturated heterocycles.